The summed E-state index contributed by atoms with van der Waals surface area (Å²) in [7, 11) is 1.77. The van der Waals surface area contributed by atoms with Gasteiger partial charge in [-0.25, -0.2) is 0 Å². The zero-order valence-corrected chi connectivity index (χ0v) is 11.9. The molecule has 0 bridgehead atoms. The first kappa shape index (κ1) is 12.7. The first-order valence-electron chi connectivity index (χ1n) is 6.48. The Balaban J connectivity index is 1.76. The van der Waals surface area contributed by atoms with E-state index in [1.54, 1.807) is 25.1 Å². The average molecular weight is 279 g/mol. The van der Waals surface area contributed by atoms with Gasteiger partial charge in [0.2, 0.25) is 0 Å². The molecule has 0 atom stereocenters. The van der Waals surface area contributed by atoms with E-state index >= 15 is 0 Å². The Labute approximate surface area is 116 Å². The third-order valence-corrected chi connectivity index (χ3v) is 4.66. The Morgan fingerprint density at radius 1 is 1.47 bits per heavy atom. The number of hydrogen-bond acceptors (Lipinski definition) is 5. The van der Waals surface area contributed by atoms with E-state index in [4.69, 9.17) is 9.15 Å². The second-order valence-corrected chi connectivity index (χ2v) is 5.86. The predicted molar refractivity (Wildman–Crippen MR) is 73.1 cm³/mol. The van der Waals surface area contributed by atoms with Crippen LogP contribution in [-0.2, 0) is 11.3 Å². The zero-order chi connectivity index (χ0) is 13.2. The number of thioether (sulfide) groups is 1. The van der Waals surface area contributed by atoms with E-state index in [-0.39, 0.29) is 0 Å². The van der Waals surface area contributed by atoms with E-state index in [9.17, 15) is 0 Å². The van der Waals surface area contributed by atoms with Gasteiger partial charge in [0.1, 0.15) is 0 Å². The molecule has 2 aromatic rings. The Hall–Kier alpha value is -1.27. The van der Waals surface area contributed by atoms with Crippen molar-refractivity contribution in [3.63, 3.8) is 0 Å². The van der Waals surface area contributed by atoms with Crippen LogP contribution in [-0.4, -0.2) is 33.2 Å². The lowest BCUT2D eigenvalue weighted by atomic mass is 9.95. The number of ether oxygens (including phenoxy) is 1. The summed E-state index contributed by atoms with van der Waals surface area (Å²) in [6.45, 7) is 2.93. The van der Waals surface area contributed by atoms with Crippen LogP contribution in [0.25, 0.3) is 11.6 Å². The molecule has 0 aromatic carbocycles. The molecule has 0 N–H and O–H groups in total. The maximum atomic E-state index is 5.40. The minimum atomic E-state index is 0.417. The highest BCUT2D eigenvalue weighted by Gasteiger charge is 2.31. The summed E-state index contributed by atoms with van der Waals surface area (Å²) in [6, 6.07) is 3.78. The van der Waals surface area contributed by atoms with E-state index in [0.29, 0.717) is 11.4 Å². The normalized spacial score (nSPS) is 22.4. The van der Waals surface area contributed by atoms with Gasteiger partial charge in [-0.3, -0.25) is 4.57 Å². The molecular formula is C13H17N3O2S. The highest BCUT2D eigenvalue weighted by Crippen LogP contribution is 2.38. The van der Waals surface area contributed by atoms with Crippen molar-refractivity contribution in [3.05, 3.63) is 18.4 Å². The van der Waals surface area contributed by atoms with Gasteiger partial charge < -0.3 is 9.15 Å². The molecule has 0 radical (unpaired) electrons. The van der Waals surface area contributed by atoms with Crippen LogP contribution in [0.4, 0.5) is 0 Å². The Bertz CT molecular complexity index is 532. The van der Waals surface area contributed by atoms with Gasteiger partial charge in [-0.2, -0.15) is 0 Å². The molecule has 0 unspecified atom stereocenters. The topological polar surface area (TPSA) is 53.1 Å². The molecule has 1 aliphatic carbocycles. The summed E-state index contributed by atoms with van der Waals surface area (Å²) in [4.78, 5) is 0. The van der Waals surface area contributed by atoms with Crippen molar-refractivity contribution >= 4 is 11.8 Å². The summed E-state index contributed by atoms with van der Waals surface area (Å²) >= 11 is 1.79. The molecule has 1 saturated carbocycles. The van der Waals surface area contributed by atoms with Crippen LogP contribution in [0.15, 0.2) is 28.0 Å². The van der Waals surface area contributed by atoms with Crippen LogP contribution >= 0.6 is 11.8 Å². The Kier molecular flexibility index (Phi) is 3.61. The first-order chi connectivity index (χ1) is 9.31. The molecule has 2 heterocycles. The third-order valence-electron chi connectivity index (χ3n) is 3.43. The van der Waals surface area contributed by atoms with Crippen LogP contribution in [0, 0.1) is 0 Å². The molecular weight excluding hydrogens is 262 g/mol. The maximum Gasteiger partial charge on any atom is 0.200 e. The molecule has 1 fully saturated rings. The molecule has 5 nitrogen and oxygen atoms in total. The number of hydrogen-bond donors (Lipinski definition) is 0. The highest BCUT2D eigenvalue weighted by molar-refractivity contribution is 7.99. The largest absolute Gasteiger partial charge is 0.461 e. The van der Waals surface area contributed by atoms with Crippen molar-refractivity contribution in [2.45, 2.75) is 42.8 Å². The van der Waals surface area contributed by atoms with Gasteiger partial charge in [0, 0.05) is 18.9 Å². The highest BCUT2D eigenvalue weighted by atomic mass is 32.2. The van der Waals surface area contributed by atoms with Gasteiger partial charge in [0.25, 0.3) is 0 Å². The van der Waals surface area contributed by atoms with Crippen molar-refractivity contribution < 1.29 is 9.15 Å². The van der Waals surface area contributed by atoms with Crippen LogP contribution in [0.1, 0.15) is 19.8 Å². The molecule has 0 amide bonds. The smallest absolute Gasteiger partial charge is 0.200 e. The lowest BCUT2D eigenvalue weighted by Gasteiger charge is -2.32. The molecule has 0 saturated heterocycles. The second kappa shape index (κ2) is 5.38. The van der Waals surface area contributed by atoms with E-state index in [2.05, 4.69) is 21.7 Å². The second-order valence-electron chi connectivity index (χ2n) is 4.60. The molecule has 102 valence electrons. The lowest BCUT2D eigenvalue weighted by Crippen LogP contribution is -2.32. The molecule has 19 heavy (non-hydrogen) atoms. The number of aromatic nitrogens is 3. The summed E-state index contributed by atoms with van der Waals surface area (Å²) in [5.74, 6) is 1.57. The number of nitrogens with zero attached hydrogens (tertiary/aromatic N) is 3. The molecule has 3 rings (SSSR count). The van der Waals surface area contributed by atoms with Crippen LogP contribution in [0.5, 0.6) is 0 Å². The quantitative estimate of drug-likeness (QED) is 0.842. The zero-order valence-electron chi connectivity index (χ0n) is 11.1. The summed E-state index contributed by atoms with van der Waals surface area (Å²) < 4.78 is 12.8. The van der Waals surface area contributed by atoms with Crippen molar-refractivity contribution in [2.75, 3.05) is 7.11 Å². The number of furan rings is 1. The monoisotopic (exact) mass is 279 g/mol. The van der Waals surface area contributed by atoms with Crippen molar-refractivity contribution in [3.8, 4) is 11.6 Å². The summed E-state index contributed by atoms with van der Waals surface area (Å²) in [5.41, 5.74) is 0. The van der Waals surface area contributed by atoms with Crippen LogP contribution in [0.2, 0.25) is 0 Å². The molecule has 1 aliphatic rings. The van der Waals surface area contributed by atoms with Gasteiger partial charge >= 0.3 is 0 Å². The van der Waals surface area contributed by atoms with E-state index in [1.807, 2.05) is 12.1 Å². The molecule has 6 heteroatoms. The summed E-state index contributed by atoms with van der Waals surface area (Å²) in [5, 5.41) is 10.1. The molecule has 0 aliphatic heterocycles. The number of methoxy groups -OCH3 is 1. The van der Waals surface area contributed by atoms with Crippen LogP contribution in [0.3, 0.4) is 0 Å². The number of rotatable bonds is 5. The summed E-state index contributed by atoms with van der Waals surface area (Å²) in [6.07, 6.45) is 4.26. The van der Waals surface area contributed by atoms with Crippen molar-refractivity contribution in [1.82, 2.24) is 14.8 Å². The van der Waals surface area contributed by atoms with E-state index in [0.717, 1.165) is 36.1 Å². The fourth-order valence-electron chi connectivity index (χ4n) is 2.20. The Morgan fingerprint density at radius 3 is 2.95 bits per heavy atom. The van der Waals surface area contributed by atoms with Crippen molar-refractivity contribution in [1.29, 1.82) is 0 Å². The van der Waals surface area contributed by atoms with E-state index in [1.165, 1.54) is 0 Å². The predicted octanol–water partition coefficient (Wildman–Crippen LogP) is 2.83. The fraction of sp³-hybridized carbons (Fsp3) is 0.538. The van der Waals surface area contributed by atoms with E-state index < -0.39 is 0 Å². The Morgan fingerprint density at radius 2 is 2.32 bits per heavy atom. The van der Waals surface area contributed by atoms with Gasteiger partial charge in [-0.05, 0) is 31.9 Å². The first-order valence-corrected chi connectivity index (χ1v) is 7.36. The average Bonchev–Trinajstić information content (AvgIpc) is 3.01. The van der Waals surface area contributed by atoms with Gasteiger partial charge in [-0.1, -0.05) is 11.8 Å². The minimum Gasteiger partial charge on any atom is -0.461 e. The third kappa shape index (κ3) is 2.42. The lowest BCUT2D eigenvalue weighted by molar-refractivity contribution is 0.0456. The molecule has 0 spiro atoms. The van der Waals surface area contributed by atoms with Gasteiger partial charge in [-0.15, -0.1) is 10.2 Å². The fourth-order valence-corrected chi connectivity index (χ4v) is 3.55. The maximum absolute atomic E-state index is 5.40. The van der Waals surface area contributed by atoms with Crippen LogP contribution < -0.4 is 0 Å². The van der Waals surface area contributed by atoms with Gasteiger partial charge in [0.15, 0.2) is 16.7 Å². The minimum absolute atomic E-state index is 0.417. The SMILES string of the molecule is CCn1c(SC2CC(OC)C2)nnc1-c1ccco1. The standard InChI is InChI=1S/C13H17N3O2S/c1-3-16-12(11-5-4-6-18-11)14-15-13(16)19-10-7-9(8-10)17-2/h4-6,9-10H,3,7-8H2,1-2H3. The van der Waals surface area contributed by atoms with Crippen molar-refractivity contribution in [2.24, 2.45) is 0 Å². The molecule has 2 aromatic heterocycles. The van der Waals surface area contributed by atoms with Gasteiger partial charge in [0.05, 0.1) is 12.4 Å².